The van der Waals surface area contributed by atoms with Crippen LogP contribution in [0.25, 0.3) is 0 Å². The van der Waals surface area contributed by atoms with Crippen LogP contribution in [0.3, 0.4) is 0 Å². The highest BCUT2D eigenvalue weighted by molar-refractivity contribution is 6.02. The monoisotopic (exact) mass is 291 g/mol. The summed E-state index contributed by atoms with van der Waals surface area (Å²) in [6, 6.07) is 5.13. The molecule has 1 aliphatic heterocycles. The molecule has 0 aliphatic carbocycles. The maximum Gasteiger partial charge on any atom is 0.259 e. The zero-order valence-electron chi connectivity index (χ0n) is 12.4. The fourth-order valence-corrected chi connectivity index (χ4v) is 2.55. The molecule has 4 N–H and O–H groups in total. The van der Waals surface area contributed by atoms with E-state index in [9.17, 15) is 9.59 Å². The number of nitrogen functional groups attached to an aromatic ring is 1. The molecule has 21 heavy (non-hydrogen) atoms. The number of rotatable bonds is 4. The molecule has 114 valence electrons. The van der Waals surface area contributed by atoms with Crippen LogP contribution in [0.2, 0.25) is 0 Å². The van der Waals surface area contributed by atoms with Gasteiger partial charge in [-0.1, -0.05) is 6.07 Å². The van der Waals surface area contributed by atoms with E-state index >= 15 is 0 Å². The number of nitrogens with two attached hydrogens (primary N) is 2. The minimum absolute atomic E-state index is 0.221. The highest BCUT2D eigenvalue weighted by atomic mass is 16.5. The van der Waals surface area contributed by atoms with Gasteiger partial charge in [0.25, 0.3) is 5.91 Å². The second-order valence-corrected chi connectivity index (χ2v) is 5.56. The van der Waals surface area contributed by atoms with E-state index in [1.54, 1.807) is 30.0 Å². The van der Waals surface area contributed by atoms with Crippen LogP contribution in [-0.4, -0.2) is 36.4 Å². The van der Waals surface area contributed by atoms with Gasteiger partial charge in [-0.3, -0.25) is 9.59 Å². The maximum absolute atomic E-state index is 12.7. The fourth-order valence-electron chi connectivity index (χ4n) is 2.55. The Morgan fingerprint density at radius 2 is 2.14 bits per heavy atom. The van der Waals surface area contributed by atoms with Gasteiger partial charge in [0.1, 0.15) is 11.3 Å². The number of primary amides is 1. The van der Waals surface area contributed by atoms with E-state index < -0.39 is 5.41 Å². The second-order valence-electron chi connectivity index (χ2n) is 5.56. The average Bonchev–Trinajstić information content (AvgIpc) is 2.83. The summed E-state index contributed by atoms with van der Waals surface area (Å²) in [7, 11) is 0. The highest BCUT2D eigenvalue weighted by Gasteiger charge is 2.41. The normalized spacial score (nSPS) is 21.3. The summed E-state index contributed by atoms with van der Waals surface area (Å²) in [4.78, 5) is 25.8. The highest BCUT2D eigenvalue weighted by Crippen LogP contribution is 2.33. The van der Waals surface area contributed by atoms with Gasteiger partial charge in [-0.25, -0.2) is 0 Å². The lowest BCUT2D eigenvalue weighted by Gasteiger charge is -2.22. The van der Waals surface area contributed by atoms with Gasteiger partial charge in [-0.2, -0.15) is 0 Å². The smallest absolute Gasteiger partial charge is 0.259 e. The van der Waals surface area contributed by atoms with E-state index in [2.05, 4.69) is 0 Å². The zero-order chi connectivity index (χ0) is 15.6. The maximum atomic E-state index is 12.7. The van der Waals surface area contributed by atoms with Crippen molar-refractivity contribution in [2.45, 2.75) is 20.3 Å². The lowest BCUT2D eigenvalue weighted by molar-refractivity contribution is -0.126. The predicted molar refractivity (Wildman–Crippen MR) is 79.8 cm³/mol. The lowest BCUT2D eigenvalue weighted by atomic mass is 9.89. The third kappa shape index (κ3) is 2.79. The van der Waals surface area contributed by atoms with E-state index in [1.165, 1.54) is 0 Å². The third-order valence-corrected chi connectivity index (χ3v) is 3.93. The lowest BCUT2D eigenvalue weighted by Crippen LogP contribution is -2.38. The van der Waals surface area contributed by atoms with E-state index in [0.717, 1.165) is 0 Å². The Kier molecular flexibility index (Phi) is 4.06. The van der Waals surface area contributed by atoms with Crippen molar-refractivity contribution in [3.8, 4) is 5.75 Å². The molecule has 1 unspecified atom stereocenters. The third-order valence-electron chi connectivity index (χ3n) is 3.93. The van der Waals surface area contributed by atoms with Gasteiger partial charge in [0.15, 0.2) is 0 Å². The first-order valence-electron chi connectivity index (χ1n) is 6.99. The molecule has 1 aliphatic rings. The van der Waals surface area contributed by atoms with Crippen molar-refractivity contribution in [2.75, 3.05) is 25.4 Å². The van der Waals surface area contributed by atoms with Crippen LogP contribution in [0.1, 0.15) is 30.6 Å². The van der Waals surface area contributed by atoms with Gasteiger partial charge >= 0.3 is 0 Å². The van der Waals surface area contributed by atoms with Crippen LogP contribution in [0, 0.1) is 5.41 Å². The summed E-state index contributed by atoms with van der Waals surface area (Å²) >= 11 is 0. The Labute approximate surface area is 124 Å². The van der Waals surface area contributed by atoms with Gasteiger partial charge in [-0.15, -0.1) is 0 Å². The van der Waals surface area contributed by atoms with Gasteiger partial charge in [0.2, 0.25) is 5.91 Å². The number of ether oxygens (including phenoxy) is 1. The summed E-state index contributed by atoms with van der Waals surface area (Å²) in [5.41, 5.74) is 11.4. The van der Waals surface area contributed by atoms with Crippen LogP contribution in [0.4, 0.5) is 5.69 Å². The molecule has 0 aromatic heterocycles. The van der Waals surface area contributed by atoms with Crippen molar-refractivity contribution in [1.29, 1.82) is 0 Å². The van der Waals surface area contributed by atoms with Gasteiger partial charge in [0.05, 0.1) is 12.0 Å². The number of anilines is 1. The van der Waals surface area contributed by atoms with Crippen LogP contribution in [-0.2, 0) is 4.79 Å². The van der Waals surface area contributed by atoms with Crippen molar-refractivity contribution in [3.63, 3.8) is 0 Å². The average molecular weight is 291 g/mol. The number of benzene rings is 1. The minimum Gasteiger partial charge on any atom is -0.493 e. The molecule has 1 aromatic carbocycles. The van der Waals surface area contributed by atoms with E-state index in [1.807, 2.05) is 6.92 Å². The topological polar surface area (TPSA) is 98.7 Å². The summed E-state index contributed by atoms with van der Waals surface area (Å²) in [6.45, 7) is 4.86. The molecule has 1 atom stereocenters. The van der Waals surface area contributed by atoms with Crippen molar-refractivity contribution in [2.24, 2.45) is 11.1 Å². The van der Waals surface area contributed by atoms with E-state index in [0.29, 0.717) is 43.1 Å². The Balaban J connectivity index is 2.28. The molecule has 2 amide bonds. The number of likely N-dealkylation sites (tertiary alicyclic amines) is 1. The first-order valence-corrected chi connectivity index (χ1v) is 6.99. The van der Waals surface area contributed by atoms with Crippen LogP contribution in [0.5, 0.6) is 5.75 Å². The molecule has 0 saturated carbocycles. The number of carbonyl (C=O) groups excluding carboxylic acids is 2. The summed E-state index contributed by atoms with van der Waals surface area (Å²) in [5, 5.41) is 0. The van der Waals surface area contributed by atoms with E-state index in [-0.39, 0.29) is 11.8 Å². The Morgan fingerprint density at radius 1 is 1.43 bits per heavy atom. The number of amides is 2. The van der Waals surface area contributed by atoms with Crippen LogP contribution in [0.15, 0.2) is 18.2 Å². The van der Waals surface area contributed by atoms with Gasteiger partial charge in [-0.05, 0) is 32.4 Å². The molecule has 2 rings (SSSR count). The molecule has 6 nitrogen and oxygen atoms in total. The predicted octanol–water partition coefficient (Wildman–Crippen LogP) is 1.00. The quantitative estimate of drug-likeness (QED) is 0.809. The van der Waals surface area contributed by atoms with Gasteiger partial charge < -0.3 is 21.1 Å². The summed E-state index contributed by atoms with van der Waals surface area (Å²) in [5.74, 6) is -0.138. The Bertz CT molecular complexity index is 573. The first kappa shape index (κ1) is 15.2. The molecule has 1 saturated heterocycles. The largest absolute Gasteiger partial charge is 0.493 e. The molecular weight excluding hydrogens is 270 g/mol. The number of hydrogen-bond acceptors (Lipinski definition) is 4. The molecule has 1 aromatic rings. The second kappa shape index (κ2) is 5.63. The van der Waals surface area contributed by atoms with Gasteiger partial charge in [0, 0.05) is 18.8 Å². The van der Waals surface area contributed by atoms with E-state index in [4.69, 9.17) is 16.2 Å². The van der Waals surface area contributed by atoms with Crippen molar-refractivity contribution in [1.82, 2.24) is 4.90 Å². The molecule has 0 radical (unpaired) electrons. The van der Waals surface area contributed by atoms with Crippen LogP contribution < -0.4 is 16.2 Å². The van der Waals surface area contributed by atoms with Crippen molar-refractivity contribution < 1.29 is 14.3 Å². The summed E-state index contributed by atoms with van der Waals surface area (Å²) in [6.07, 6.45) is 0.560. The Hall–Kier alpha value is -2.24. The zero-order valence-corrected chi connectivity index (χ0v) is 12.4. The molecule has 6 heteroatoms. The first-order chi connectivity index (χ1) is 9.89. The standard InChI is InChI=1S/C15H21N3O3/c1-3-21-11-6-4-5-10(16)12(11)13(19)18-8-7-15(2,9-18)14(17)20/h4-6H,3,7-9,16H2,1-2H3,(H2,17,20). The number of nitrogens with zero attached hydrogens (tertiary/aromatic N) is 1. The van der Waals surface area contributed by atoms with Crippen LogP contribution >= 0.6 is 0 Å². The number of carbonyl (C=O) groups is 2. The molecular formula is C15H21N3O3. The Morgan fingerprint density at radius 3 is 2.71 bits per heavy atom. The van der Waals surface area contributed by atoms with Crippen molar-refractivity contribution >= 4 is 17.5 Å². The van der Waals surface area contributed by atoms with Crippen molar-refractivity contribution in [3.05, 3.63) is 23.8 Å². The summed E-state index contributed by atoms with van der Waals surface area (Å²) < 4.78 is 5.48. The minimum atomic E-state index is -0.676. The molecule has 1 heterocycles. The fraction of sp³-hybridized carbons (Fsp3) is 0.467. The molecule has 0 spiro atoms. The number of hydrogen-bond donors (Lipinski definition) is 2. The SMILES string of the molecule is CCOc1cccc(N)c1C(=O)N1CCC(C)(C(N)=O)C1. The molecule has 1 fully saturated rings. The molecule has 0 bridgehead atoms.